The number of para-hydroxylation sites is 1. The largest absolute Gasteiger partial charge is 0.478 e. The van der Waals surface area contributed by atoms with E-state index >= 15 is 0 Å². The van der Waals surface area contributed by atoms with Gasteiger partial charge in [-0.2, -0.15) is 0 Å². The standard InChI is InChI=1S/C24H22ClN3O5S/c1-15-12-18-4-2-3-5-21(18)28(15)27-23(29)19-10-11-20(25)22(13-19)34(32,33)26-14-16-6-8-17(9-7-16)24(30)31/h2-11,13,15,26H,12,14H2,1H3,(H,27,29)(H,30,31)/t15-/m1/s1. The highest BCUT2D eigenvalue weighted by Crippen LogP contribution is 2.30. The molecule has 0 bridgehead atoms. The van der Waals surface area contributed by atoms with Crippen LogP contribution in [-0.2, 0) is 23.0 Å². The van der Waals surface area contributed by atoms with E-state index in [4.69, 9.17) is 16.7 Å². The molecule has 176 valence electrons. The number of carboxylic acids is 1. The van der Waals surface area contributed by atoms with Gasteiger partial charge in [0.1, 0.15) is 4.90 Å². The Morgan fingerprint density at radius 1 is 1.06 bits per heavy atom. The fourth-order valence-electron chi connectivity index (χ4n) is 3.78. The first kappa shape index (κ1) is 23.7. The third-order valence-corrected chi connectivity index (χ3v) is 7.46. The molecule has 0 unspecified atom stereocenters. The Labute approximate surface area is 202 Å². The Balaban J connectivity index is 1.50. The smallest absolute Gasteiger partial charge is 0.335 e. The number of fused-ring (bicyclic) bond motifs is 1. The number of rotatable bonds is 7. The molecule has 0 radical (unpaired) electrons. The molecule has 0 fully saturated rings. The van der Waals surface area contributed by atoms with E-state index in [0.29, 0.717) is 5.56 Å². The molecule has 0 saturated carbocycles. The number of hydrogen-bond donors (Lipinski definition) is 3. The van der Waals surface area contributed by atoms with Crippen molar-refractivity contribution < 1.29 is 23.1 Å². The minimum absolute atomic E-state index is 0.0230. The highest BCUT2D eigenvalue weighted by atomic mass is 35.5. The number of aromatic carboxylic acids is 1. The summed E-state index contributed by atoms with van der Waals surface area (Å²) in [4.78, 5) is 23.7. The molecule has 3 aromatic rings. The van der Waals surface area contributed by atoms with Gasteiger partial charge in [0.15, 0.2) is 0 Å². The van der Waals surface area contributed by atoms with Gasteiger partial charge in [-0.25, -0.2) is 17.9 Å². The number of carbonyl (C=O) groups excluding carboxylic acids is 1. The van der Waals surface area contributed by atoms with Crippen LogP contribution in [0.2, 0.25) is 5.02 Å². The van der Waals surface area contributed by atoms with E-state index in [9.17, 15) is 18.0 Å². The second-order valence-electron chi connectivity index (χ2n) is 7.96. The number of nitrogens with one attached hydrogen (secondary N) is 2. The zero-order valence-electron chi connectivity index (χ0n) is 18.2. The van der Waals surface area contributed by atoms with Gasteiger partial charge in [-0.05, 0) is 60.9 Å². The quantitative estimate of drug-likeness (QED) is 0.457. The Bertz CT molecular complexity index is 1360. The minimum atomic E-state index is -4.05. The molecule has 8 nitrogen and oxygen atoms in total. The Morgan fingerprint density at radius 3 is 2.44 bits per heavy atom. The van der Waals surface area contributed by atoms with Gasteiger partial charge in [0.2, 0.25) is 10.0 Å². The van der Waals surface area contributed by atoms with Crippen LogP contribution in [0.5, 0.6) is 0 Å². The summed E-state index contributed by atoms with van der Waals surface area (Å²) in [7, 11) is -4.05. The number of nitrogens with zero attached hydrogens (tertiary/aromatic N) is 1. The Hall–Kier alpha value is -3.40. The number of hydrazine groups is 1. The summed E-state index contributed by atoms with van der Waals surface area (Å²) in [6.45, 7) is 1.92. The first-order valence-corrected chi connectivity index (χ1v) is 12.3. The topological polar surface area (TPSA) is 116 Å². The molecule has 4 rings (SSSR count). The zero-order valence-corrected chi connectivity index (χ0v) is 19.7. The second-order valence-corrected chi connectivity index (χ2v) is 10.1. The van der Waals surface area contributed by atoms with Gasteiger partial charge in [-0.15, -0.1) is 0 Å². The molecule has 1 aliphatic heterocycles. The number of anilines is 1. The van der Waals surface area contributed by atoms with Crippen molar-refractivity contribution in [2.45, 2.75) is 30.8 Å². The van der Waals surface area contributed by atoms with Crippen molar-refractivity contribution in [2.24, 2.45) is 0 Å². The summed E-state index contributed by atoms with van der Waals surface area (Å²) in [5.74, 6) is -1.53. The molecule has 0 aliphatic carbocycles. The van der Waals surface area contributed by atoms with Crippen LogP contribution < -0.4 is 15.2 Å². The fraction of sp³-hybridized carbons (Fsp3) is 0.167. The third kappa shape index (κ3) is 4.91. The Morgan fingerprint density at radius 2 is 1.74 bits per heavy atom. The van der Waals surface area contributed by atoms with E-state index < -0.39 is 21.9 Å². The number of amides is 1. The van der Waals surface area contributed by atoms with E-state index in [0.717, 1.165) is 17.7 Å². The van der Waals surface area contributed by atoms with Crippen LogP contribution in [0.25, 0.3) is 0 Å². The average molecular weight is 500 g/mol. The lowest BCUT2D eigenvalue weighted by Gasteiger charge is -2.25. The molecule has 34 heavy (non-hydrogen) atoms. The number of carboxylic acid groups (broad SMARTS) is 1. The van der Waals surface area contributed by atoms with Gasteiger partial charge < -0.3 is 5.11 Å². The number of benzene rings is 3. The molecule has 1 amide bonds. The molecule has 1 heterocycles. The van der Waals surface area contributed by atoms with Gasteiger partial charge in [0.05, 0.1) is 22.3 Å². The summed E-state index contributed by atoms with van der Waals surface area (Å²) >= 11 is 6.16. The lowest BCUT2D eigenvalue weighted by Crippen LogP contribution is -2.45. The van der Waals surface area contributed by atoms with Crippen molar-refractivity contribution in [3.63, 3.8) is 0 Å². The summed E-state index contributed by atoms with van der Waals surface area (Å²) in [5.41, 5.74) is 5.70. The van der Waals surface area contributed by atoms with Crippen molar-refractivity contribution in [3.05, 3.63) is 94.0 Å². The predicted octanol–water partition coefficient (Wildman–Crippen LogP) is 3.61. The van der Waals surface area contributed by atoms with E-state index in [-0.39, 0.29) is 33.6 Å². The van der Waals surface area contributed by atoms with E-state index in [1.165, 1.54) is 42.5 Å². The number of sulfonamides is 1. The highest BCUT2D eigenvalue weighted by Gasteiger charge is 2.28. The van der Waals surface area contributed by atoms with Gasteiger partial charge in [-0.1, -0.05) is 41.9 Å². The van der Waals surface area contributed by atoms with E-state index in [1.807, 2.05) is 31.2 Å². The summed E-state index contributed by atoms with van der Waals surface area (Å²) in [6, 6.07) is 17.7. The molecule has 3 aromatic carbocycles. The molecule has 0 spiro atoms. The minimum Gasteiger partial charge on any atom is -0.478 e. The average Bonchev–Trinajstić information content (AvgIpc) is 3.13. The normalized spacial score (nSPS) is 15.1. The number of hydrogen-bond acceptors (Lipinski definition) is 5. The fourth-order valence-corrected chi connectivity index (χ4v) is 5.32. The summed E-state index contributed by atoms with van der Waals surface area (Å²) < 4.78 is 28.2. The molecule has 10 heteroatoms. The van der Waals surface area contributed by atoms with Crippen LogP contribution in [-0.4, -0.2) is 31.4 Å². The molecule has 1 atom stereocenters. The van der Waals surface area contributed by atoms with E-state index in [2.05, 4.69) is 10.1 Å². The Kier molecular flexibility index (Phi) is 6.60. The molecule has 1 aliphatic rings. The highest BCUT2D eigenvalue weighted by molar-refractivity contribution is 7.89. The van der Waals surface area contributed by atoms with E-state index in [1.54, 1.807) is 5.01 Å². The van der Waals surface area contributed by atoms with Crippen LogP contribution >= 0.6 is 11.6 Å². The predicted molar refractivity (Wildman–Crippen MR) is 128 cm³/mol. The van der Waals surface area contributed by atoms with Crippen molar-refractivity contribution in [1.82, 2.24) is 10.1 Å². The first-order valence-electron chi connectivity index (χ1n) is 10.5. The van der Waals surface area contributed by atoms with Gasteiger partial charge in [0.25, 0.3) is 5.91 Å². The maximum atomic E-state index is 13.0. The van der Waals surface area contributed by atoms with Crippen LogP contribution in [0, 0.1) is 0 Å². The number of carbonyl (C=O) groups is 2. The maximum absolute atomic E-state index is 13.0. The summed E-state index contributed by atoms with van der Waals surface area (Å²) in [5, 5.41) is 10.7. The molecular formula is C24H22ClN3O5S. The van der Waals surface area contributed by atoms with Crippen LogP contribution in [0.4, 0.5) is 5.69 Å². The van der Waals surface area contributed by atoms with Crippen LogP contribution in [0.3, 0.4) is 0 Å². The molecular weight excluding hydrogens is 478 g/mol. The maximum Gasteiger partial charge on any atom is 0.335 e. The van der Waals surface area contributed by atoms with Gasteiger partial charge in [-0.3, -0.25) is 15.2 Å². The summed E-state index contributed by atoms with van der Waals surface area (Å²) in [6.07, 6.45) is 0.786. The van der Waals surface area contributed by atoms with Crippen molar-refractivity contribution in [3.8, 4) is 0 Å². The second kappa shape index (κ2) is 9.46. The first-order chi connectivity index (χ1) is 16.2. The van der Waals surface area contributed by atoms with Crippen LogP contribution in [0.1, 0.15) is 38.8 Å². The van der Waals surface area contributed by atoms with Crippen molar-refractivity contribution in [2.75, 3.05) is 5.01 Å². The zero-order chi connectivity index (χ0) is 24.5. The molecule has 0 aromatic heterocycles. The molecule has 3 N–H and O–H groups in total. The SMILES string of the molecule is C[C@@H]1Cc2ccccc2N1NC(=O)c1ccc(Cl)c(S(=O)(=O)NCc2ccc(C(=O)O)cc2)c1. The van der Waals surface area contributed by atoms with Crippen molar-refractivity contribution >= 4 is 39.2 Å². The third-order valence-electron chi connectivity index (χ3n) is 5.58. The van der Waals surface area contributed by atoms with Gasteiger partial charge in [0, 0.05) is 12.1 Å². The monoisotopic (exact) mass is 499 g/mol. The van der Waals surface area contributed by atoms with Crippen LogP contribution in [0.15, 0.2) is 71.6 Å². The lowest BCUT2D eigenvalue weighted by molar-refractivity contribution is 0.0696. The van der Waals surface area contributed by atoms with Crippen molar-refractivity contribution in [1.29, 1.82) is 0 Å². The van der Waals surface area contributed by atoms with Gasteiger partial charge >= 0.3 is 5.97 Å². The molecule has 0 saturated heterocycles. The lowest BCUT2D eigenvalue weighted by atomic mass is 10.1. The number of halogens is 1.